The Morgan fingerprint density at radius 1 is 1.29 bits per heavy atom. The minimum absolute atomic E-state index is 0.225. The lowest BCUT2D eigenvalue weighted by Crippen LogP contribution is -2.45. The third-order valence-electron chi connectivity index (χ3n) is 3.01. The lowest BCUT2D eigenvalue weighted by Gasteiger charge is -2.08. The Morgan fingerprint density at radius 3 is 2.54 bits per heavy atom. The number of pyridine rings is 1. The molecule has 0 saturated carbocycles. The summed E-state index contributed by atoms with van der Waals surface area (Å²) < 4.78 is 1.70. The van der Waals surface area contributed by atoms with E-state index in [4.69, 9.17) is 35.4 Å². The highest BCUT2D eigenvalue weighted by molar-refractivity contribution is 7.80. The Labute approximate surface area is 154 Å². The fourth-order valence-corrected chi connectivity index (χ4v) is 2.50. The lowest BCUT2D eigenvalue weighted by atomic mass is 10.1. The summed E-state index contributed by atoms with van der Waals surface area (Å²) in [6.07, 6.45) is 2.54. The molecule has 7 nitrogen and oxygen atoms in total. The standard InChI is InChI=1S/C14H16Cl2N6OS/c1-3-4-22-7-9(13(23)19-20-14(24)17-2)12(21-22)8-5-10(15)18-11(16)6-8/h5-7H,3-4H2,1-2H3,(H,19,23)(H2,17,20,24). The largest absolute Gasteiger partial charge is 0.364 e. The number of amides is 1. The first-order chi connectivity index (χ1) is 11.4. The van der Waals surface area contributed by atoms with E-state index in [0.29, 0.717) is 28.5 Å². The molecule has 0 atom stereocenters. The number of carbonyl (C=O) groups excluding carboxylic acids is 1. The van der Waals surface area contributed by atoms with Gasteiger partial charge < -0.3 is 5.32 Å². The molecule has 0 bridgehead atoms. The summed E-state index contributed by atoms with van der Waals surface area (Å²) in [5, 5.41) is 7.90. The summed E-state index contributed by atoms with van der Waals surface area (Å²) in [5.74, 6) is -0.381. The summed E-state index contributed by atoms with van der Waals surface area (Å²) in [4.78, 5) is 16.4. The first kappa shape index (κ1) is 18.4. The quantitative estimate of drug-likeness (QED) is 0.425. The zero-order valence-electron chi connectivity index (χ0n) is 13.1. The van der Waals surface area contributed by atoms with Crippen LogP contribution in [0, 0.1) is 0 Å². The molecule has 3 N–H and O–H groups in total. The molecule has 0 aliphatic heterocycles. The van der Waals surface area contributed by atoms with Crippen molar-refractivity contribution in [3.63, 3.8) is 0 Å². The van der Waals surface area contributed by atoms with Crippen LogP contribution in [0.15, 0.2) is 18.3 Å². The number of rotatable bonds is 4. The molecule has 0 aromatic carbocycles. The molecule has 0 radical (unpaired) electrons. The van der Waals surface area contributed by atoms with Crippen LogP contribution in [0.3, 0.4) is 0 Å². The molecule has 128 valence electrons. The van der Waals surface area contributed by atoms with Crippen LogP contribution < -0.4 is 16.2 Å². The second kappa shape index (κ2) is 8.27. The van der Waals surface area contributed by atoms with Crippen LogP contribution in [0.1, 0.15) is 23.7 Å². The first-order valence-corrected chi connectivity index (χ1v) is 8.30. The Morgan fingerprint density at radius 2 is 1.96 bits per heavy atom. The maximum atomic E-state index is 12.5. The van der Waals surface area contributed by atoms with Crippen molar-refractivity contribution in [2.45, 2.75) is 19.9 Å². The van der Waals surface area contributed by atoms with E-state index in [9.17, 15) is 4.79 Å². The van der Waals surface area contributed by atoms with E-state index in [2.05, 4.69) is 26.3 Å². The second-order valence-corrected chi connectivity index (χ2v) is 6.00. The van der Waals surface area contributed by atoms with E-state index >= 15 is 0 Å². The maximum Gasteiger partial charge on any atom is 0.273 e. The van der Waals surface area contributed by atoms with Crippen molar-refractivity contribution in [2.24, 2.45) is 0 Å². The number of nitrogens with zero attached hydrogens (tertiary/aromatic N) is 3. The van der Waals surface area contributed by atoms with E-state index in [1.54, 1.807) is 30.1 Å². The molecule has 2 aromatic heterocycles. The predicted molar refractivity (Wildman–Crippen MR) is 98.0 cm³/mol. The number of hydrogen-bond acceptors (Lipinski definition) is 4. The summed E-state index contributed by atoms with van der Waals surface area (Å²) in [7, 11) is 1.65. The van der Waals surface area contributed by atoms with Gasteiger partial charge in [0.2, 0.25) is 0 Å². The van der Waals surface area contributed by atoms with Gasteiger partial charge in [-0.05, 0) is 30.8 Å². The van der Waals surface area contributed by atoms with E-state index in [0.717, 1.165) is 6.42 Å². The first-order valence-electron chi connectivity index (χ1n) is 7.13. The molecule has 0 aliphatic rings. The van der Waals surface area contributed by atoms with Gasteiger partial charge in [-0.2, -0.15) is 5.10 Å². The maximum absolute atomic E-state index is 12.5. The van der Waals surface area contributed by atoms with Crippen LogP contribution in [0.4, 0.5) is 0 Å². The van der Waals surface area contributed by atoms with E-state index in [1.807, 2.05) is 6.92 Å². The fourth-order valence-electron chi connectivity index (χ4n) is 1.99. The van der Waals surface area contributed by atoms with Gasteiger partial charge >= 0.3 is 0 Å². The summed E-state index contributed by atoms with van der Waals surface area (Å²) in [6.45, 7) is 2.70. The molecule has 0 saturated heterocycles. The van der Waals surface area contributed by atoms with Gasteiger partial charge in [0.05, 0.1) is 5.56 Å². The fraction of sp³-hybridized carbons (Fsp3) is 0.286. The van der Waals surface area contributed by atoms with Crippen LogP contribution in [0.5, 0.6) is 0 Å². The molecule has 0 unspecified atom stereocenters. The van der Waals surface area contributed by atoms with Gasteiger partial charge in [0.15, 0.2) is 5.11 Å². The van der Waals surface area contributed by atoms with Gasteiger partial charge in [0.1, 0.15) is 16.0 Å². The third-order valence-corrected chi connectivity index (χ3v) is 3.71. The van der Waals surface area contributed by atoms with Crippen molar-refractivity contribution in [3.8, 4) is 11.3 Å². The predicted octanol–water partition coefficient (Wildman–Crippen LogP) is 2.40. The zero-order chi connectivity index (χ0) is 17.7. The minimum Gasteiger partial charge on any atom is -0.364 e. The van der Waals surface area contributed by atoms with Crippen LogP contribution in [-0.2, 0) is 6.54 Å². The van der Waals surface area contributed by atoms with Crippen molar-refractivity contribution in [3.05, 3.63) is 34.2 Å². The van der Waals surface area contributed by atoms with Gasteiger partial charge in [0.25, 0.3) is 5.91 Å². The molecule has 10 heteroatoms. The number of nitrogens with one attached hydrogen (secondary N) is 3. The van der Waals surface area contributed by atoms with Crippen LogP contribution >= 0.6 is 35.4 Å². The molecule has 0 aliphatic carbocycles. The third kappa shape index (κ3) is 4.56. The second-order valence-electron chi connectivity index (χ2n) is 4.81. The smallest absolute Gasteiger partial charge is 0.273 e. The highest BCUT2D eigenvalue weighted by Crippen LogP contribution is 2.26. The summed E-state index contributed by atoms with van der Waals surface area (Å²) in [6, 6.07) is 3.21. The van der Waals surface area contributed by atoms with Crippen molar-refractivity contribution in [2.75, 3.05) is 7.05 Å². The van der Waals surface area contributed by atoms with Crippen molar-refractivity contribution in [1.29, 1.82) is 0 Å². The Bertz CT molecular complexity index is 743. The topological polar surface area (TPSA) is 83.9 Å². The van der Waals surface area contributed by atoms with Gasteiger partial charge in [-0.1, -0.05) is 30.1 Å². The SMILES string of the molecule is CCCn1cc(C(=O)NNC(=S)NC)c(-c2cc(Cl)nc(Cl)c2)n1. The lowest BCUT2D eigenvalue weighted by molar-refractivity contribution is 0.0944. The Hall–Kier alpha value is -1.90. The highest BCUT2D eigenvalue weighted by Gasteiger charge is 2.19. The van der Waals surface area contributed by atoms with Gasteiger partial charge in [-0.15, -0.1) is 0 Å². The van der Waals surface area contributed by atoms with Crippen LogP contribution in [0.2, 0.25) is 10.3 Å². The Balaban J connectivity index is 2.38. The molecule has 2 heterocycles. The minimum atomic E-state index is -0.381. The molecule has 1 amide bonds. The molecular formula is C14H16Cl2N6OS. The number of carbonyl (C=O) groups is 1. The molecule has 2 aromatic rings. The molecule has 2 rings (SSSR count). The van der Waals surface area contributed by atoms with Crippen LogP contribution in [0.25, 0.3) is 11.3 Å². The average molecular weight is 387 g/mol. The Kier molecular flexibility index (Phi) is 6.36. The molecule has 24 heavy (non-hydrogen) atoms. The molecule has 0 spiro atoms. The number of aromatic nitrogens is 3. The number of aryl methyl sites for hydroxylation is 1. The molecular weight excluding hydrogens is 371 g/mol. The average Bonchev–Trinajstić information content (AvgIpc) is 2.95. The van der Waals surface area contributed by atoms with Crippen molar-refractivity contribution >= 4 is 46.4 Å². The van der Waals surface area contributed by atoms with Gasteiger partial charge in [0, 0.05) is 25.4 Å². The van der Waals surface area contributed by atoms with Gasteiger partial charge in [-0.3, -0.25) is 20.3 Å². The monoisotopic (exact) mass is 386 g/mol. The van der Waals surface area contributed by atoms with Crippen molar-refractivity contribution < 1.29 is 4.79 Å². The number of thiocarbonyl (C=S) groups is 1. The highest BCUT2D eigenvalue weighted by atomic mass is 35.5. The van der Waals surface area contributed by atoms with E-state index in [-0.39, 0.29) is 16.2 Å². The number of hydrogen-bond donors (Lipinski definition) is 3. The van der Waals surface area contributed by atoms with Crippen molar-refractivity contribution in [1.82, 2.24) is 30.9 Å². The van der Waals surface area contributed by atoms with Crippen LogP contribution in [-0.4, -0.2) is 32.8 Å². The molecule has 0 fully saturated rings. The summed E-state index contributed by atoms with van der Waals surface area (Å²) in [5.41, 5.74) is 6.55. The van der Waals surface area contributed by atoms with Gasteiger partial charge in [-0.25, -0.2) is 4.98 Å². The van der Waals surface area contributed by atoms with E-state index < -0.39 is 0 Å². The zero-order valence-corrected chi connectivity index (χ0v) is 15.4. The normalized spacial score (nSPS) is 10.3. The summed E-state index contributed by atoms with van der Waals surface area (Å²) >= 11 is 16.8. The number of halogens is 2. The number of hydrazine groups is 1. The van der Waals surface area contributed by atoms with E-state index in [1.165, 1.54) is 0 Å².